The van der Waals surface area contributed by atoms with E-state index in [2.05, 4.69) is 31.1 Å². The topological polar surface area (TPSA) is 27.6 Å². The van der Waals surface area contributed by atoms with Gasteiger partial charge in [0, 0.05) is 24.4 Å². The van der Waals surface area contributed by atoms with Crippen molar-refractivity contribution < 1.29 is 0 Å². The molecule has 0 aromatic rings. The molecule has 0 saturated carbocycles. The van der Waals surface area contributed by atoms with Crippen LogP contribution in [-0.4, -0.2) is 48.0 Å². The monoisotopic (exact) mass is 241 g/mol. The molecule has 2 unspecified atom stereocenters. The van der Waals surface area contributed by atoms with E-state index < -0.39 is 0 Å². The van der Waals surface area contributed by atoms with E-state index in [9.17, 15) is 0 Å². The summed E-state index contributed by atoms with van der Waals surface area (Å²) >= 11 is 1.88. The first-order valence-electron chi connectivity index (χ1n) is 6.25. The van der Waals surface area contributed by atoms with Crippen molar-refractivity contribution in [3.63, 3.8) is 0 Å². The van der Waals surface area contributed by atoms with Gasteiger partial charge in [0.05, 0.1) is 0 Å². The zero-order valence-corrected chi connectivity index (χ0v) is 11.4. The highest BCUT2D eigenvalue weighted by molar-refractivity contribution is 8.14. The molecule has 2 fully saturated rings. The quantitative estimate of drug-likeness (QED) is 0.816. The predicted octanol–water partition coefficient (Wildman–Crippen LogP) is 1.80. The summed E-state index contributed by atoms with van der Waals surface area (Å²) in [6, 6.07) is 0. The lowest BCUT2D eigenvalue weighted by Crippen LogP contribution is -2.39. The Bertz CT molecular complexity index is 279. The third kappa shape index (κ3) is 2.92. The number of thioether (sulfide) groups is 1. The molecule has 2 aliphatic rings. The van der Waals surface area contributed by atoms with Crippen LogP contribution in [0.2, 0.25) is 0 Å². The van der Waals surface area contributed by atoms with Gasteiger partial charge in [-0.15, -0.1) is 0 Å². The molecule has 0 aromatic carbocycles. The molecule has 16 heavy (non-hydrogen) atoms. The van der Waals surface area contributed by atoms with Crippen molar-refractivity contribution in [2.75, 3.05) is 32.4 Å². The smallest absolute Gasteiger partial charge is 0.157 e. The Hall–Kier alpha value is -0.220. The van der Waals surface area contributed by atoms with Crippen molar-refractivity contribution in [2.45, 2.75) is 32.2 Å². The first-order valence-corrected chi connectivity index (χ1v) is 7.24. The predicted molar refractivity (Wildman–Crippen MR) is 72.2 cm³/mol. The lowest BCUT2D eigenvalue weighted by Gasteiger charge is -2.20. The second kappa shape index (κ2) is 4.96. The van der Waals surface area contributed by atoms with Gasteiger partial charge in [0.25, 0.3) is 0 Å². The normalized spacial score (nSPS) is 38.2. The van der Waals surface area contributed by atoms with Gasteiger partial charge in [-0.3, -0.25) is 4.99 Å². The molecule has 0 bridgehead atoms. The largest absolute Gasteiger partial charge is 0.359 e. The SMILES string of the molecule is CCC1(C)CSC(=NCC2CCN(C)C2)N1. The zero-order valence-electron chi connectivity index (χ0n) is 10.6. The lowest BCUT2D eigenvalue weighted by molar-refractivity contribution is 0.397. The van der Waals surface area contributed by atoms with Crippen molar-refractivity contribution in [3.8, 4) is 0 Å². The fraction of sp³-hybridized carbons (Fsp3) is 0.917. The first-order chi connectivity index (χ1) is 7.61. The van der Waals surface area contributed by atoms with Crippen molar-refractivity contribution in [3.05, 3.63) is 0 Å². The van der Waals surface area contributed by atoms with E-state index in [1.165, 1.54) is 31.1 Å². The molecule has 2 saturated heterocycles. The molecule has 0 aromatic heterocycles. The summed E-state index contributed by atoms with van der Waals surface area (Å²) in [6.45, 7) is 7.98. The third-order valence-corrected chi connectivity index (χ3v) is 4.98. The number of nitrogens with one attached hydrogen (secondary N) is 1. The van der Waals surface area contributed by atoms with Crippen LogP contribution in [0.3, 0.4) is 0 Å². The van der Waals surface area contributed by atoms with Gasteiger partial charge in [0.1, 0.15) is 0 Å². The summed E-state index contributed by atoms with van der Waals surface area (Å²) < 4.78 is 0. The summed E-state index contributed by atoms with van der Waals surface area (Å²) in [6.07, 6.45) is 2.48. The van der Waals surface area contributed by atoms with Gasteiger partial charge in [-0.05, 0) is 39.3 Å². The molecule has 0 radical (unpaired) electrons. The van der Waals surface area contributed by atoms with Gasteiger partial charge in [0.2, 0.25) is 0 Å². The van der Waals surface area contributed by atoms with E-state index in [4.69, 9.17) is 4.99 Å². The van der Waals surface area contributed by atoms with Crippen molar-refractivity contribution >= 4 is 16.9 Å². The van der Waals surface area contributed by atoms with E-state index in [1.807, 2.05) is 11.8 Å². The van der Waals surface area contributed by atoms with Gasteiger partial charge < -0.3 is 10.2 Å². The van der Waals surface area contributed by atoms with Gasteiger partial charge in [-0.2, -0.15) is 0 Å². The summed E-state index contributed by atoms with van der Waals surface area (Å²) in [5.41, 5.74) is 0.274. The number of amidine groups is 1. The van der Waals surface area contributed by atoms with E-state index in [-0.39, 0.29) is 5.54 Å². The Morgan fingerprint density at radius 1 is 1.62 bits per heavy atom. The van der Waals surface area contributed by atoms with Crippen LogP contribution in [0.5, 0.6) is 0 Å². The van der Waals surface area contributed by atoms with E-state index in [0.29, 0.717) is 0 Å². The lowest BCUT2D eigenvalue weighted by atomic mass is 10.0. The van der Waals surface area contributed by atoms with Gasteiger partial charge in [0.15, 0.2) is 5.17 Å². The number of rotatable bonds is 3. The summed E-state index contributed by atoms with van der Waals surface area (Å²) in [5.74, 6) is 1.93. The molecule has 2 heterocycles. The minimum Gasteiger partial charge on any atom is -0.359 e. The maximum Gasteiger partial charge on any atom is 0.157 e. The maximum atomic E-state index is 4.72. The van der Waals surface area contributed by atoms with Crippen LogP contribution >= 0.6 is 11.8 Å². The van der Waals surface area contributed by atoms with Crippen LogP contribution in [0.15, 0.2) is 4.99 Å². The highest BCUT2D eigenvalue weighted by atomic mass is 32.2. The number of likely N-dealkylation sites (tertiary alicyclic amines) is 1. The zero-order chi connectivity index (χ0) is 11.6. The minimum atomic E-state index is 0.274. The summed E-state index contributed by atoms with van der Waals surface area (Å²) in [4.78, 5) is 7.12. The Morgan fingerprint density at radius 3 is 3.00 bits per heavy atom. The molecular formula is C12H23N3S. The van der Waals surface area contributed by atoms with Crippen LogP contribution in [0.1, 0.15) is 26.7 Å². The Kier molecular flexibility index (Phi) is 3.80. The molecule has 3 nitrogen and oxygen atoms in total. The fourth-order valence-corrected chi connectivity index (χ4v) is 3.44. The van der Waals surface area contributed by atoms with Crippen LogP contribution in [-0.2, 0) is 0 Å². The molecule has 2 atom stereocenters. The molecule has 92 valence electrons. The number of aliphatic imine (C=N–C) groups is 1. The fourth-order valence-electron chi connectivity index (χ4n) is 2.22. The molecule has 0 spiro atoms. The summed E-state index contributed by atoms with van der Waals surface area (Å²) in [5, 5.41) is 4.72. The molecule has 4 heteroatoms. The van der Waals surface area contributed by atoms with Crippen LogP contribution in [0, 0.1) is 5.92 Å². The highest BCUT2D eigenvalue weighted by Gasteiger charge is 2.30. The highest BCUT2D eigenvalue weighted by Crippen LogP contribution is 2.26. The van der Waals surface area contributed by atoms with Crippen LogP contribution in [0.25, 0.3) is 0 Å². The third-order valence-electron chi connectivity index (χ3n) is 3.70. The van der Waals surface area contributed by atoms with Crippen LogP contribution in [0.4, 0.5) is 0 Å². The Balaban J connectivity index is 1.81. The first kappa shape index (κ1) is 12.2. The van der Waals surface area contributed by atoms with Gasteiger partial charge in [-0.25, -0.2) is 0 Å². The standard InChI is InChI=1S/C12H23N3S/c1-4-12(2)9-16-11(14-12)13-7-10-5-6-15(3)8-10/h10H,4-9H2,1-3H3,(H,13,14). The average Bonchev–Trinajstić information content (AvgIpc) is 2.83. The molecule has 2 aliphatic heterocycles. The second-order valence-electron chi connectivity index (χ2n) is 5.39. The van der Waals surface area contributed by atoms with E-state index in [0.717, 1.165) is 18.2 Å². The van der Waals surface area contributed by atoms with Crippen molar-refractivity contribution in [1.29, 1.82) is 0 Å². The van der Waals surface area contributed by atoms with E-state index in [1.54, 1.807) is 0 Å². The van der Waals surface area contributed by atoms with Crippen LogP contribution < -0.4 is 5.32 Å². The Morgan fingerprint density at radius 2 is 2.44 bits per heavy atom. The molecule has 1 N–H and O–H groups in total. The summed E-state index contributed by atoms with van der Waals surface area (Å²) in [7, 11) is 2.20. The second-order valence-corrected chi connectivity index (χ2v) is 6.35. The molecule has 0 aliphatic carbocycles. The average molecular weight is 241 g/mol. The number of hydrogen-bond acceptors (Lipinski definition) is 3. The van der Waals surface area contributed by atoms with Crippen molar-refractivity contribution in [2.24, 2.45) is 10.9 Å². The van der Waals surface area contributed by atoms with Gasteiger partial charge >= 0.3 is 0 Å². The van der Waals surface area contributed by atoms with E-state index >= 15 is 0 Å². The van der Waals surface area contributed by atoms with Gasteiger partial charge in [-0.1, -0.05) is 18.7 Å². The Labute approximate surface area is 103 Å². The minimum absolute atomic E-state index is 0.274. The maximum absolute atomic E-state index is 4.72. The molecule has 2 rings (SSSR count). The number of nitrogens with zero attached hydrogens (tertiary/aromatic N) is 2. The number of hydrogen-bond donors (Lipinski definition) is 1. The van der Waals surface area contributed by atoms with Crippen molar-refractivity contribution in [1.82, 2.24) is 10.2 Å². The molecular weight excluding hydrogens is 218 g/mol. The molecule has 0 amide bonds.